The van der Waals surface area contributed by atoms with Gasteiger partial charge in [-0.15, -0.1) is 0 Å². The Bertz CT molecular complexity index is 680. The normalized spacial score (nSPS) is 38.0. The number of aliphatic hydroxyl groups excluding tert-OH is 2. The predicted molar refractivity (Wildman–Crippen MR) is 136 cm³/mol. The lowest BCUT2D eigenvalue weighted by Crippen LogP contribution is -2.41. The van der Waals surface area contributed by atoms with Gasteiger partial charge in [0.2, 0.25) is 0 Å². The summed E-state index contributed by atoms with van der Waals surface area (Å²) < 4.78 is 11.4. The van der Waals surface area contributed by atoms with Crippen LogP contribution in [0.1, 0.15) is 117 Å². The molecule has 8 unspecified atom stereocenters. The van der Waals surface area contributed by atoms with Gasteiger partial charge in [0.25, 0.3) is 0 Å². The van der Waals surface area contributed by atoms with Gasteiger partial charge in [-0.25, -0.2) is 0 Å². The molecule has 3 aliphatic carbocycles. The average Bonchev–Trinajstić information content (AvgIpc) is 2.78. The largest absolute Gasteiger partial charge is 0.465 e. The van der Waals surface area contributed by atoms with Crippen LogP contribution in [0.2, 0.25) is 0 Å². The van der Waals surface area contributed by atoms with Gasteiger partial charge >= 0.3 is 11.9 Å². The molecule has 6 heteroatoms. The van der Waals surface area contributed by atoms with Crippen LogP contribution in [0.25, 0.3) is 0 Å². The second kappa shape index (κ2) is 13.4. The molecular formula is C29H50O6. The van der Waals surface area contributed by atoms with Crippen molar-refractivity contribution in [2.24, 2.45) is 29.1 Å². The van der Waals surface area contributed by atoms with E-state index in [1.165, 1.54) is 0 Å². The van der Waals surface area contributed by atoms with Crippen molar-refractivity contribution in [1.82, 2.24) is 0 Å². The van der Waals surface area contributed by atoms with E-state index in [1.54, 1.807) is 0 Å². The van der Waals surface area contributed by atoms with Gasteiger partial charge in [0.05, 0.1) is 30.7 Å². The fraction of sp³-hybridized carbons (Fsp3) is 0.931. The van der Waals surface area contributed by atoms with E-state index >= 15 is 0 Å². The van der Waals surface area contributed by atoms with Crippen LogP contribution < -0.4 is 0 Å². The predicted octanol–water partition coefficient (Wildman–Crippen LogP) is 5.57. The third kappa shape index (κ3) is 8.45. The van der Waals surface area contributed by atoms with Gasteiger partial charge in [0.15, 0.2) is 0 Å². The van der Waals surface area contributed by atoms with Gasteiger partial charge in [-0.3, -0.25) is 9.59 Å². The van der Waals surface area contributed by atoms with Gasteiger partial charge in [-0.1, -0.05) is 52.9 Å². The first-order valence-electron chi connectivity index (χ1n) is 14.4. The minimum atomic E-state index is -0.636. The molecule has 0 aromatic heterocycles. The molecule has 8 atom stereocenters. The quantitative estimate of drug-likeness (QED) is 0.305. The average molecular weight is 495 g/mol. The van der Waals surface area contributed by atoms with Gasteiger partial charge in [-0.2, -0.15) is 0 Å². The number of aliphatic hydroxyl groups is 2. The molecule has 0 aromatic rings. The Kier molecular flexibility index (Phi) is 10.9. The maximum atomic E-state index is 12.8. The lowest BCUT2D eigenvalue weighted by atomic mass is 9.64. The molecule has 35 heavy (non-hydrogen) atoms. The number of rotatable bonds is 10. The summed E-state index contributed by atoms with van der Waals surface area (Å²) in [5.41, 5.74) is 0.0464. The highest BCUT2D eigenvalue weighted by Crippen LogP contribution is 2.47. The number of unbranched alkanes of at least 4 members (excludes halogenated alkanes) is 3. The van der Waals surface area contributed by atoms with Crippen LogP contribution in [0.5, 0.6) is 0 Å². The molecule has 3 rings (SSSR count). The summed E-state index contributed by atoms with van der Waals surface area (Å²) in [6, 6.07) is 0. The van der Waals surface area contributed by atoms with Crippen molar-refractivity contribution in [2.75, 3.05) is 6.61 Å². The van der Waals surface area contributed by atoms with E-state index in [0.29, 0.717) is 37.7 Å². The van der Waals surface area contributed by atoms with Crippen molar-refractivity contribution in [3.63, 3.8) is 0 Å². The summed E-state index contributed by atoms with van der Waals surface area (Å²) in [6.07, 6.45) is 12.4. The van der Waals surface area contributed by atoms with Crippen molar-refractivity contribution in [3.05, 3.63) is 0 Å². The minimum absolute atomic E-state index is 0.0464. The van der Waals surface area contributed by atoms with Crippen LogP contribution in [0.15, 0.2) is 0 Å². The Morgan fingerprint density at radius 1 is 0.886 bits per heavy atom. The van der Waals surface area contributed by atoms with E-state index in [-0.39, 0.29) is 29.4 Å². The molecule has 0 saturated heterocycles. The zero-order valence-corrected chi connectivity index (χ0v) is 22.4. The smallest absolute Gasteiger partial charge is 0.311 e. The SMILES string of the molecule is CCCCCCOC(=O)C1CCC(CC2(C)CC(C)CC(OC(=O)C3CCCCC3O)C2)CC1O. The van der Waals surface area contributed by atoms with Gasteiger partial charge in [0.1, 0.15) is 6.10 Å². The topological polar surface area (TPSA) is 93.1 Å². The molecule has 0 spiro atoms. The van der Waals surface area contributed by atoms with E-state index in [2.05, 4.69) is 20.8 Å². The number of hydrogen-bond donors (Lipinski definition) is 2. The summed E-state index contributed by atoms with van der Waals surface area (Å²) in [6.45, 7) is 7.14. The Hall–Kier alpha value is -1.14. The highest BCUT2D eigenvalue weighted by molar-refractivity contribution is 5.73. The van der Waals surface area contributed by atoms with E-state index < -0.39 is 18.1 Å². The molecule has 3 saturated carbocycles. The van der Waals surface area contributed by atoms with E-state index in [1.807, 2.05) is 0 Å². The van der Waals surface area contributed by atoms with Crippen molar-refractivity contribution >= 4 is 11.9 Å². The molecule has 3 fully saturated rings. The van der Waals surface area contributed by atoms with Crippen LogP contribution in [0, 0.1) is 29.1 Å². The maximum Gasteiger partial charge on any atom is 0.311 e. The molecule has 202 valence electrons. The Labute approximate surface area is 212 Å². The van der Waals surface area contributed by atoms with Crippen molar-refractivity contribution < 1.29 is 29.3 Å². The van der Waals surface area contributed by atoms with Crippen molar-refractivity contribution in [2.45, 2.75) is 135 Å². The lowest BCUT2D eigenvalue weighted by molar-refractivity contribution is -0.164. The summed E-state index contributed by atoms with van der Waals surface area (Å²) in [4.78, 5) is 25.3. The first-order valence-corrected chi connectivity index (χ1v) is 14.4. The molecule has 3 aliphatic rings. The fourth-order valence-corrected chi connectivity index (χ4v) is 7.18. The molecule has 6 nitrogen and oxygen atoms in total. The third-order valence-corrected chi connectivity index (χ3v) is 8.79. The van der Waals surface area contributed by atoms with Crippen LogP contribution in [0.4, 0.5) is 0 Å². The number of carbonyl (C=O) groups excluding carboxylic acids is 2. The zero-order chi connectivity index (χ0) is 25.4. The molecule has 2 N–H and O–H groups in total. The lowest BCUT2D eigenvalue weighted by Gasteiger charge is -2.44. The van der Waals surface area contributed by atoms with Gasteiger partial charge in [0, 0.05) is 0 Å². The second-order valence-electron chi connectivity index (χ2n) is 12.4. The molecule has 0 amide bonds. The number of ether oxygens (including phenoxy) is 2. The highest BCUT2D eigenvalue weighted by Gasteiger charge is 2.43. The Morgan fingerprint density at radius 3 is 2.34 bits per heavy atom. The zero-order valence-electron chi connectivity index (χ0n) is 22.4. The molecular weight excluding hydrogens is 444 g/mol. The summed E-state index contributed by atoms with van der Waals surface area (Å²) >= 11 is 0. The van der Waals surface area contributed by atoms with E-state index in [0.717, 1.165) is 77.0 Å². The monoisotopic (exact) mass is 494 g/mol. The standard InChI is InChI=1S/C29H50O6/c1-4-5-6-9-14-34-27(32)24-13-12-21(16-26(24)31)18-29(3)17-20(2)15-22(19-29)35-28(33)23-10-7-8-11-25(23)30/h20-26,30-31H,4-19H2,1-3H3. The van der Waals surface area contributed by atoms with E-state index in [4.69, 9.17) is 9.47 Å². The van der Waals surface area contributed by atoms with Crippen LogP contribution in [-0.2, 0) is 19.1 Å². The van der Waals surface area contributed by atoms with E-state index in [9.17, 15) is 19.8 Å². The summed E-state index contributed by atoms with van der Waals surface area (Å²) in [7, 11) is 0. The molecule has 0 radical (unpaired) electrons. The first-order chi connectivity index (χ1) is 16.7. The summed E-state index contributed by atoms with van der Waals surface area (Å²) in [5.74, 6) is -0.392. The van der Waals surface area contributed by atoms with Gasteiger partial charge < -0.3 is 19.7 Å². The molecule has 0 heterocycles. The Balaban J connectivity index is 1.47. The first kappa shape index (κ1) is 28.4. The van der Waals surface area contributed by atoms with Crippen LogP contribution >= 0.6 is 0 Å². The highest BCUT2D eigenvalue weighted by atomic mass is 16.5. The van der Waals surface area contributed by atoms with Crippen molar-refractivity contribution in [1.29, 1.82) is 0 Å². The number of esters is 2. The molecule has 0 aromatic carbocycles. The number of hydrogen-bond acceptors (Lipinski definition) is 6. The third-order valence-electron chi connectivity index (χ3n) is 8.79. The van der Waals surface area contributed by atoms with Crippen LogP contribution in [-0.4, -0.2) is 47.1 Å². The fourth-order valence-electron chi connectivity index (χ4n) is 7.18. The molecule has 0 bridgehead atoms. The molecule has 0 aliphatic heterocycles. The minimum Gasteiger partial charge on any atom is -0.465 e. The maximum absolute atomic E-state index is 12.8. The van der Waals surface area contributed by atoms with Gasteiger partial charge in [-0.05, 0) is 81.5 Å². The van der Waals surface area contributed by atoms with Crippen molar-refractivity contribution in [3.8, 4) is 0 Å². The second-order valence-corrected chi connectivity index (χ2v) is 12.4. The Morgan fingerprint density at radius 2 is 1.63 bits per heavy atom. The summed E-state index contributed by atoms with van der Waals surface area (Å²) in [5, 5.41) is 21.0. The van der Waals surface area contributed by atoms with Crippen LogP contribution in [0.3, 0.4) is 0 Å². The number of carbonyl (C=O) groups is 2.